The third-order valence-electron chi connectivity index (χ3n) is 1.76. The number of hydrazine groups is 1. The number of hydrogen-bond acceptors (Lipinski definition) is 4. The van der Waals surface area contributed by atoms with Crippen molar-refractivity contribution in [2.24, 2.45) is 5.84 Å². The Hall–Kier alpha value is -0.810. The van der Waals surface area contributed by atoms with Crippen molar-refractivity contribution in [2.45, 2.75) is 39.3 Å². The van der Waals surface area contributed by atoms with Crippen LogP contribution in [-0.2, 0) is 4.74 Å². The standard InChI is InChI=1S/C9H21N3O2/c1-7(6-11-10)12(5)8(13)14-9(2,3)4/h7,11H,6,10H2,1-5H3. The number of rotatable bonds is 3. The highest BCUT2D eigenvalue weighted by Crippen LogP contribution is 2.10. The third kappa shape index (κ3) is 5.04. The predicted molar refractivity (Wildman–Crippen MR) is 55.6 cm³/mol. The van der Waals surface area contributed by atoms with Gasteiger partial charge in [0.2, 0.25) is 0 Å². The first-order valence-electron chi connectivity index (χ1n) is 4.67. The molecule has 0 spiro atoms. The zero-order valence-corrected chi connectivity index (χ0v) is 9.63. The maximum Gasteiger partial charge on any atom is 0.410 e. The predicted octanol–water partition coefficient (Wildman–Crippen LogP) is 0.705. The van der Waals surface area contributed by atoms with E-state index in [9.17, 15) is 4.79 Å². The number of amides is 1. The van der Waals surface area contributed by atoms with Gasteiger partial charge in [0.1, 0.15) is 5.60 Å². The summed E-state index contributed by atoms with van der Waals surface area (Å²) in [4.78, 5) is 13.0. The Labute approximate surface area is 85.6 Å². The van der Waals surface area contributed by atoms with E-state index in [2.05, 4.69) is 5.43 Å². The summed E-state index contributed by atoms with van der Waals surface area (Å²) in [6.45, 7) is 7.94. The normalized spacial score (nSPS) is 13.6. The average Bonchev–Trinajstić information content (AvgIpc) is 2.00. The molecule has 1 unspecified atom stereocenters. The maximum atomic E-state index is 11.5. The first-order valence-corrected chi connectivity index (χ1v) is 4.67. The Morgan fingerprint density at radius 2 is 2.07 bits per heavy atom. The van der Waals surface area contributed by atoms with Gasteiger partial charge in [-0.25, -0.2) is 4.79 Å². The molecule has 0 radical (unpaired) electrons. The van der Waals surface area contributed by atoms with E-state index >= 15 is 0 Å². The van der Waals surface area contributed by atoms with E-state index < -0.39 is 5.60 Å². The highest BCUT2D eigenvalue weighted by Gasteiger charge is 2.22. The molecule has 0 aliphatic heterocycles. The summed E-state index contributed by atoms with van der Waals surface area (Å²) < 4.78 is 5.19. The lowest BCUT2D eigenvalue weighted by Gasteiger charge is -2.28. The van der Waals surface area contributed by atoms with Crippen LogP contribution in [0, 0.1) is 0 Å². The molecule has 0 aromatic rings. The number of hydrogen-bond donors (Lipinski definition) is 2. The fraction of sp³-hybridized carbons (Fsp3) is 0.889. The highest BCUT2D eigenvalue weighted by molar-refractivity contribution is 5.68. The van der Waals surface area contributed by atoms with Gasteiger partial charge in [-0.2, -0.15) is 0 Å². The number of carbonyl (C=O) groups is 1. The molecule has 1 atom stereocenters. The second-order valence-electron chi connectivity index (χ2n) is 4.35. The summed E-state index contributed by atoms with van der Waals surface area (Å²) in [5, 5.41) is 0. The largest absolute Gasteiger partial charge is 0.444 e. The minimum atomic E-state index is -0.457. The molecule has 1 amide bonds. The van der Waals surface area contributed by atoms with E-state index in [0.717, 1.165) is 0 Å². The van der Waals surface area contributed by atoms with Gasteiger partial charge in [0.25, 0.3) is 0 Å². The zero-order chi connectivity index (χ0) is 11.4. The Balaban J connectivity index is 4.12. The van der Waals surface area contributed by atoms with Gasteiger partial charge >= 0.3 is 6.09 Å². The molecule has 0 saturated carbocycles. The number of likely N-dealkylation sites (N-methyl/N-ethyl adjacent to an activating group) is 1. The molecule has 14 heavy (non-hydrogen) atoms. The monoisotopic (exact) mass is 203 g/mol. The van der Waals surface area contributed by atoms with Crippen molar-refractivity contribution in [3.05, 3.63) is 0 Å². The molecular weight excluding hydrogens is 182 g/mol. The summed E-state index contributed by atoms with van der Waals surface area (Å²) in [7, 11) is 1.69. The van der Waals surface area contributed by atoms with Crippen LogP contribution in [0.1, 0.15) is 27.7 Å². The van der Waals surface area contributed by atoms with E-state index in [1.54, 1.807) is 7.05 Å². The van der Waals surface area contributed by atoms with Crippen molar-refractivity contribution in [2.75, 3.05) is 13.6 Å². The van der Waals surface area contributed by atoms with Crippen molar-refractivity contribution in [3.63, 3.8) is 0 Å². The van der Waals surface area contributed by atoms with Crippen molar-refractivity contribution < 1.29 is 9.53 Å². The number of nitrogens with zero attached hydrogens (tertiary/aromatic N) is 1. The van der Waals surface area contributed by atoms with Crippen LogP contribution >= 0.6 is 0 Å². The fourth-order valence-corrected chi connectivity index (χ4v) is 0.821. The zero-order valence-electron chi connectivity index (χ0n) is 9.63. The summed E-state index contributed by atoms with van der Waals surface area (Å²) in [6, 6.07) is 0.00912. The second kappa shape index (κ2) is 5.17. The number of carbonyl (C=O) groups excluding carboxylic acids is 1. The van der Waals surface area contributed by atoms with E-state index in [4.69, 9.17) is 10.6 Å². The van der Waals surface area contributed by atoms with E-state index in [0.29, 0.717) is 6.54 Å². The van der Waals surface area contributed by atoms with E-state index in [1.807, 2.05) is 27.7 Å². The first kappa shape index (κ1) is 13.2. The van der Waals surface area contributed by atoms with Crippen LogP contribution in [0.3, 0.4) is 0 Å². The van der Waals surface area contributed by atoms with Crippen LogP contribution in [0.2, 0.25) is 0 Å². The molecule has 0 aliphatic rings. The van der Waals surface area contributed by atoms with E-state index in [1.165, 1.54) is 4.90 Å². The average molecular weight is 203 g/mol. The first-order chi connectivity index (χ1) is 6.28. The van der Waals surface area contributed by atoms with Gasteiger partial charge in [0.05, 0.1) is 0 Å². The molecule has 0 saturated heterocycles. The van der Waals surface area contributed by atoms with Gasteiger partial charge in [0, 0.05) is 19.6 Å². The Morgan fingerprint density at radius 3 is 2.43 bits per heavy atom. The Kier molecular flexibility index (Phi) is 4.87. The molecular formula is C9H21N3O2. The van der Waals surface area contributed by atoms with Gasteiger partial charge in [-0.05, 0) is 27.7 Å². The molecule has 84 valence electrons. The molecule has 0 heterocycles. The lowest BCUT2D eigenvalue weighted by molar-refractivity contribution is 0.0236. The molecule has 3 N–H and O–H groups in total. The SMILES string of the molecule is CC(CNN)N(C)C(=O)OC(C)(C)C. The lowest BCUT2D eigenvalue weighted by atomic mass is 10.2. The van der Waals surface area contributed by atoms with Crippen molar-refractivity contribution in [1.82, 2.24) is 10.3 Å². The van der Waals surface area contributed by atoms with Crippen LogP contribution in [0.5, 0.6) is 0 Å². The number of nitrogens with two attached hydrogens (primary N) is 1. The Morgan fingerprint density at radius 1 is 1.57 bits per heavy atom. The molecule has 5 heteroatoms. The molecule has 0 bridgehead atoms. The summed E-state index contributed by atoms with van der Waals surface area (Å²) in [6.07, 6.45) is -0.333. The van der Waals surface area contributed by atoms with Gasteiger partial charge in [-0.3, -0.25) is 11.3 Å². The van der Waals surface area contributed by atoms with Gasteiger partial charge < -0.3 is 9.64 Å². The van der Waals surface area contributed by atoms with Crippen LogP contribution < -0.4 is 11.3 Å². The maximum absolute atomic E-state index is 11.5. The van der Waals surface area contributed by atoms with Crippen LogP contribution in [-0.4, -0.2) is 36.2 Å². The molecule has 5 nitrogen and oxygen atoms in total. The molecule has 0 aromatic carbocycles. The topological polar surface area (TPSA) is 67.6 Å². The van der Waals surface area contributed by atoms with Crippen molar-refractivity contribution >= 4 is 6.09 Å². The summed E-state index contributed by atoms with van der Waals surface area (Å²) >= 11 is 0. The number of ether oxygens (including phenoxy) is 1. The Bertz CT molecular complexity index is 189. The van der Waals surface area contributed by atoms with Crippen molar-refractivity contribution in [1.29, 1.82) is 0 Å². The minimum absolute atomic E-state index is 0.00912. The van der Waals surface area contributed by atoms with Crippen LogP contribution in [0.4, 0.5) is 4.79 Å². The highest BCUT2D eigenvalue weighted by atomic mass is 16.6. The smallest absolute Gasteiger partial charge is 0.410 e. The van der Waals surface area contributed by atoms with Gasteiger partial charge in [-0.1, -0.05) is 0 Å². The van der Waals surface area contributed by atoms with Gasteiger partial charge in [0.15, 0.2) is 0 Å². The minimum Gasteiger partial charge on any atom is -0.444 e. The van der Waals surface area contributed by atoms with Crippen LogP contribution in [0.25, 0.3) is 0 Å². The fourth-order valence-electron chi connectivity index (χ4n) is 0.821. The van der Waals surface area contributed by atoms with Crippen molar-refractivity contribution in [3.8, 4) is 0 Å². The molecule has 0 rings (SSSR count). The lowest BCUT2D eigenvalue weighted by Crippen LogP contribution is -2.45. The summed E-state index contributed by atoms with van der Waals surface area (Å²) in [5.41, 5.74) is 2.06. The van der Waals surface area contributed by atoms with E-state index in [-0.39, 0.29) is 12.1 Å². The third-order valence-corrected chi connectivity index (χ3v) is 1.76. The molecule has 0 aliphatic carbocycles. The second-order valence-corrected chi connectivity index (χ2v) is 4.35. The summed E-state index contributed by atoms with van der Waals surface area (Å²) in [5.74, 6) is 5.17. The molecule has 0 fully saturated rings. The number of nitrogens with one attached hydrogen (secondary N) is 1. The van der Waals surface area contributed by atoms with Gasteiger partial charge in [-0.15, -0.1) is 0 Å². The van der Waals surface area contributed by atoms with Crippen LogP contribution in [0.15, 0.2) is 0 Å². The quantitative estimate of drug-likeness (QED) is 0.523. The molecule has 0 aromatic heterocycles.